The average molecular weight is 182 g/mol. The van der Waals surface area contributed by atoms with E-state index < -0.39 is 0 Å². The molecular weight excluding hydrogens is 164 g/mol. The van der Waals surface area contributed by atoms with Crippen molar-refractivity contribution in [3.8, 4) is 0 Å². The summed E-state index contributed by atoms with van der Waals surface area (Å²) in [4.78, 5) is 4.47. The molecular formula is C10H18N2O. The van der Waals surface area contributed by atoms with Crippen LogP contribution in [0.4, 0.5) is 0 Å². The molecule has 3 atom stereocenters. The number of rotatable bonds is 0. The molecule has 1 saturated carbocycles. The molecule has 1 aliphatic carbocycles. The number of hydrogen-bond acceptors (Lipinski definition) is 3. The Labute approximate surface area is 79.4 Å². The van der Waals surface area contributed by atoms with Crippen LogP contribution < -0.4 is 5.73 Å². The molecule has 0 bridgehead atoms. The van der Waals surface area contributed by atoms with Crippen LogP contribution in [0.2, 0.25) is 0 Å². The molecule has 1 aliphatic heterocycles. The van der Waals surface area contributed by atoms with E-state index in [-0.39, 0.29) is 5.54 Å². The van der Waals surface area contributed by atoms with Crippen molar-refractivity contribution < 1.29 is 4.74 Å². The summed E-state index contributed by atoms with van der Waals surface area (Å²) in [6, 6.07) is 0.390. The molecule has 3 nitrogen and oxygen atoms in total. The first-order valence-electron chi connectivity index (χ1n) is 5.10. The van der Waals surface area contributed by atoms with Crippen LogP contribution in [0.5, 0.6) is 0 Å². The van der Waals surface area contributed by atoms with Gasteiger partial charge in [-0.25, -0.2) is 4.99 Å². The molecule has 0 amide bonds. The van der Waals surface area contributed by atoms with Gasteiger partial charge in [0.25, 0.3) is 6.02 Å². The summed E-state index contributed by atoms with van der Waals surface area (Å²) < 4.78 is 5.28. The zero-order chi connectivity index (χ0) is 9.47. The standard InChI is InChI=1S/C10H18N2O/c1-7-3-4-10(8(2)5-7)6-13-9(11)12-10/h7-8H,3-6H2,1-2H3,(H2,11,12). The molecule has 1 spiro atoms. The van der Waals surface area contributed by atoms with Crippen LogP contribution in [0.15, 0.2) is 4.99 Å². The first-order chi connectivity index (χ1) is 6.12. The van der Waals surface area contributed by atoms with Gasteiger partial charge in [0.05, 0.1) is 0 Å². The van der Waals surface area contributed by atoms with E-state index in [1.165, 1.54) is 12.8 Å². The van der Waals surface area contributed by atoms with Gasteiger partial charge in [-0.05, 0) is 31.1 Å². The lowest BCUT2D eigenvalue weighted by molar-refractivity contribution is 0.126. The van der Waals surface area contributed by atoms with Gasteiger partial charge in [0, 0.05) is 0 Å². The van der Waals surface area contributed by atoms with Gasteiger partial charge in [-0.2, -0.15) is 0 Å². The van der Waals surface area contributed by atoms with E-state index in [2.05, 4.69) is 18.8 Å². The minimum absolute atomic E-state index is 0.0244. The van der Waals surface area contributed by atoms with Gasteiger partial charge >= 0.3 is 0 Å². The highest BCUT2D eigenvalue weighted by molar-refractivity contribution is 5.73. The van der Waals surface area contributed by atoms with E-state index in [1.54, 1.807) is 0 Å². The van der Waals surface area contributed by atoms with Crippen molar-refractivity contribution in [2.75, 3.05) is 6.61 Å². The zero-order valence-corrected chi connectivity index (χ0v) is 8.42. The molecule has 1 fully saturated rings. The molecule has 3 unspecified atom stereocenters. The lowest BCUT2D eigenvalue weighted by atomic mass is 9.71. The molecule has 2 aliphatic rings. The fraction of sp³-hybridized carbons (Fsp3) is 0.900. The maximum atomic E-state index is 5.56. The molecule has 1 heterocycles. The van der Waals surface area contributed by atoms with Gasteiger partial charge in [0.15, 0.2) is 0 Å². The SMILES string of the molecule is CC1CCC2(COC(N)=N2)C(C)C1. The Morgan fingerprint density at radius 2 is 2.31 bits per heavy atom. The molecule has 13 heavy (non-hydrogen) atoms. The summed E-state index contributed by atoms with van der Waals surface area (Å²) in [7, 11) is 0. The molecule has 0 aromatic heterocycles. The number of nitrogens with zero attached hydrogens (tertiary/aromatic N) is 1. The summed E-state index contributed by atoms with van der Waals surface area (Å²) >= 11 is 0. The fourth-order valence-electron chi connectivity index (χ4n) is 2.55. The van der Waals surface area contributed by atoms with Crippen molar-refractivity contribution in [1.82, 2.24) is 0 Å². The van der Waals surface area contributed by atoms with Gasteiger partial charge in [-0.1, -0.05) is 13.8 Å². The van der Waals surface area contributed by atoms with Crippen molar-refractivity contribution in [1.29, 1.82) is 0 Å². The molecule has 0 radical (unpaired) electrons. The van der Waals surface area contributed by atoms with E-state index >= 15 is 0 Å². The zero-order valence-electron chi connectivity index (χ0n) is 8.42. The fourth-order valence-corrected chi connectivity index (χ4v) is 2.55. The van der Waals surface area contributed by atoms with Crippen LogP contribution in [-0.2, 0) is 4.74 Å². The van der Waals surface area contributed by atoms with E-state index in [4.69, 9.17) is 10.5 Å². The Morgan fingerprint density at radius 1 is 1.54 bits per heavy atom. The number of amidine groups is 1. The summed E-state index contributed by atoms with van der Waals surface area (Å²) in [6.07, 6.45) is 3.64. The van der Waals surface area contributed by atoms with Crippen molar-refractivity contribution in [3.63, 3.8) is 0 Å². The average Bonchev–Trinajstić information content (AvgIpc) is 2.43. The lowest BCUT2D eigenvalue weighted by Gasteiger charge is -2.37. The largest absolute Gasteiger partial charge is 0.463 e. The molecule has 0 aromatic carbocycles. The van der Waals surface area contributed by atoms with Crippen molar-refractivity contribution >= 4 is 6.02 Å². The third kappa shape index (κ3) is 1.40. The van der Waals surface area contributed by atoms with E-state index in [0.29, 0.717) is 18.5 Å². The Balaban J connectivity index is 2.15. The highest BCUT2D eigenvalue weighted by Gasteiger charge is 2.44. The third-order valence-corrected chi connectivity index (χ3v) is 3.55. The van der Waals surface area contributed by atoms with Crippen LogP contribution in [0.3, 0.4) is 0 Å². The van der Waals surface area contributed by atoms with Crippen LogP contribution in [0, 0.1) is 11.8 Å². The second-order valence-corrected chi connectivity index (χ2v) is 4.62. The van der Waals surface area contributed by atoms with Crippen LogP contribution >= 0.6 is 0 Å². The first-order valence-corrected chi connectivity index (χ1v) is 5.10. The molecule has 74 valence electrons. The number of ether oxygens (including phenoxy) is 1. The van der Waals surface area contributed by atoms with E-state index in [1.807, 2.05) is 0 Å². The van der Waals surface area contributed by atoms with Crippen LogP contribution in [0.25, 0.3) is 0 Å². The highest BCUT2D eigenvalue weighted by atomic mass is 16.5. The maximum Gasteiger partial charge on any atom is 0.282 e. The second-order valence-electron chi connectivity index (χ2n) is 4.62. The van der Waals surface area contributed by atoms with Gasteiger partial charge < -0.3 is 10.5 Å². The molecule has 2 rings (SSSR count). The smallest absolute Gasteiger partial charge is 0.282 e. The van der Waals surface area contributed by atoms with Crippen molar-refractivity contribution in [2.24, 2.45) is 22.6 Å². The lowest BCUT2D eigenvalue weighted by Crippen LogP contribution is -2.40. The summed E-state index contributed by atoms with van der Waals surface area (Å²) in [6.45, 7) is 5.28. The Kier molecular flexibility index (Phi) is 1.97. The summed E-state index contributed by atoms with van der Waals surface area (Å²) in [5, 5.41) is 0. The molecule has 0 saturated heterocycles. The predicted octanol–water partition coefficient (Wildman–Crippen LogP) is 1.53. The van der Waals surface area contributed by atoms with E-state index in [0.717, 1.165) is 12.3 Å². The van der Waals surface area contributed by atoms with Crippen LogP contribution in [-0.4, -0.2) is 18.2 Å². The number of hydrogen-bond donors (Lipinski definition) is 1. The van der Waals surface area contributed by atoms with Gasteiger partial charge in [0.1, 0.15) is 12.1 Å². The van der Waals surface area contributed by atoms with E-state index in [9.17, 15) is 0 Å². The summed E-state index contributed by atoms with van der Waals surface area (Å²) in [5.74, 6) is 1.44. The third-order valence-electron chi connectivity index (χ3n) is 3.55. The minimum Gasteiger partial charge on any atom is -0.463 e. The van der Waals surface area contributed by atoms with Gasteiger partial charge in [-0.15, -0.1) is 0 Å². The number of nitrogens with two attached hydrogens (primary N) is 1. The minimum atomic E-state index is 0.0244. The Bertz CT molecular complexity index is 239. The number of aliphatic imine (C=N–C) groups is 1. The van der Waals surface area contributed by atoms with Crippen molar-refractivity contribution in [3.05, 3.63) is 0 Å². The predicted molar refractivity (Wildman–Crippen MR) is 52.5 cm³/mol. The van der Waals surface area contributed by atoms with Gasteiger partial charge in [0.2, 0.25) is 0 Å². The monoisotopic (exact) mass is 182 g/mol. The Hall–Kier alpha value is -0.730. The normalized spacial score (nSPS) is 44.6. The molecule has 0 aromatic rings. The Morgan fingerprint density at radius 3 is 2.85 bits per heavy atom. The highest BCUT2D eigenvalue weighted by Crippen LogP contribution is 2.41. The quantitative estimate of drug-likeness (QED) is 0.617. The second kappa shape index (κ2) is 2.89. The van der Waals surface area contributed by atoms with Gasteiger partial charge in [-0.3, -0.25) is 0 Å². The maximum absolute atomic E-state index is 5.56. The topological polar surface area (TPSA) is 47.6 Å². The molecule has 2 N–H and O–H groups in total. The molecule has 3 heteroatoms. The first kappa shape index (κ1) is 8.85. The summed E-state index contributed by atoms with van der Waals surface area (Å²) in [5.41, 5.74) is 5.59. The van der Waals surface area contributed by atoms with Crippen LogP contribution in [0.1, 0.15) is 33.1 Å². The van der Waals surface area contributed by atoms with Crippen molar-refractivity contribution in [2.45, 2.75) is 38.6 Å².